The minimum Gasteiger partial charge on any atom is -0.494 e. The second-order valence-corrected chi connectivity index (χ2v) is 9.56. The number of hydrogen-bond acceptors (Lipinski definition) is 6. The zero-order chi connectivity index (χ0) is 28.2. The highest BCUT2D eigenvalue weighted by atomic mass is 16.5. The SMILES string of the molecule is O=C(O)CCCN1CC(C(=O)O)Oc2c(/C=C/c3ccc(OCCCCCOc4ccccc4)cc3)cccc21. The topological polar surface area (TPSA) is 106 Å². The quantitative estimate of drug-likeness (QED) is 0.177. The molecule has 1 atom stereocenters. The zero-order valence-electron chi connectivity index (χ0n) is 22.4. The molecular formula is C32H35NO7. The Labute approximate surface area is 234 Å². The number of carboxylic acids is 2. The molecule has 1 unspecified atom stereocenters. The number of aliphatic carboxylic acids is 2. The van der Waals surface area contributed by atoms with E-state index in [1.54, 1.807) is 0 Å². The van der Waals surface area contributed by atoms with Crippen LogP contribution in [-0.4, -0.2) is 54.6 Å². The van der Waals surface area contributed by atoms with Crippen molar-refractivity contribution in [2.45, 2.75) is 38.2 Å². The summed E-state index contributed by atoms with van der Waals surface area (Å²) in [5, 5.41) is 18.6. The Bertz CT molecular complexity index is 1270. The zero-order valence-corrected chi connectivity index (χ0v) is 22.4. The van der Waals surface area contributed by atoms with Gasteiger partial charge in [0, 0.05) is 18.5 Å². The third-order valence-electron chi connectivity index (χ3n) is 6.51. The smallest absolute Gasteiger partial charge is 0.346 e. The second-order valence-electron chi connectivity index (χ2n) is 9.56. The van der Waals surface area contributed by atoms with Crippen LogP contribution in [0.5, 0.6) is 17.2 Å². The molecule has 40 heavy (non-hydrogen) atoms. The van der Waals surface area contributed by atoms with E-state index in [1.165, 1.54) is 0 Å². The number of anilines is 1. The van der Waals surface area contributed by atoms with Crippen LogP contribution in [0, 0.1) is 0 Å². The average Bonchev–Trinajstić information content (AvgIpc) is 2.96. The standard InChI is InChI=1S/C32H35NO7/c34-30(35)13-8-20-33-23-29(32(36)37)40-31-25(9-7-12-28(31)33)17-14-24-15-18-27(19-16-24)39-22-6-2-5-21-38-26-10-3-1-4-11-26/h1,3-4,7,9-12,14-19,29H,2,5-6,8,13,20-23H2,(H,34,35)(H,36,37)/b17-14+. The van der Waals surface area contributed by atoms with Crippen LogP contribution in [0.25, 0.3) is 12.2 Å². The van der Waals surface area contributed by atoms with Crippen molar-refractivity contribution in [3.63, 3.8) is 0 Å². The number of rotatable bonds is 15. The number of nitrogens with zero attached hydrogens (tertiary/aromatic N) is 1. The van der Waals surface area contributed by atoms with Gasteiger partial charge in [-0.2, -0.15) is 0 Å². The van der Waals surface area contributed by atoms with E-state index in [9.17, 15) is 14.7 Å². The number of ether oxygens (including phenoxy) is 3. The summed E-state index contributed by atoms with van der Waals surface area (Å²) in [5.74, 6) is 0.262. The molecule has 1 aliphatic rings. The average molecular weight is 546 g/mol. The number of carboxylic acid groups (broad SMARTS) is 2. The van der Waals surface area contributed by atoms with E-state index in [-0.39, 0.29) is 13.0 Å². The van der Waals surface area contributed by atoms with Crippen molar-refractivity contribution in [3.8, 4) is 17.2 Å². The number of carbonyl (C=O) groups is 2. The molecule has 0 saturated heterocycles. The molecule has 8 heteroatoms. The van der Waals surface area contributed by atoms with Gasteiger partial charge in [0.2, 0.25) is 6.10 Å². The minimum absolute atomic E-state index is 0.0213. The first kappa shape index (κ1) is 28.5. The lowest BCUT2D eigenvalue weighted by molar-refractivity contribution is -0.145. The summed E-state index contributed by atoms with van der Waals surface area (Å²) in [7, 11) is 0. The van der Waals surface area contributed by atoms with Crippen LogP contribution in [0.15, 0.2) is 72.8 Å². The highest BCUT2D eigenvalue weighted by molar-refractivity contribution is 5.81. The molecule has 0 radical (unpaired) electrons. The van der Waals surface area contributed by atoms with E-state index >= 15 is 0 Å². The molecule has 2 N–H and O–H groups in total. The molecule has 3 aromatic carbocycles. The van der Waals surface area contributed by atoms with Crippen LogP contribution in [0.4, 0.5) is 5.69 Å². The van der Waals surface area contributed by atoms with E-state index in [0.29, 0.717) is 31.9 Å². The van der Waals surface area contributed by atoms with Gasteiger partial charge in [0.15, 0.2) is 5.75 Å². The Balaban J connectivity index is 1.28. The van der Waals surface area contributed by atoms with Crippen molar-refractivity contribution in [2.24, 2.45) is 0 Å². The van der Waals surface area contributed by atoms with E-state index in [0.717, 1.165) is 47.6 Å². The van der Waals surface area contributed by atoms with Crippen molar-refractivity contribution in [3.05, 3.63) is 83.9 Å². The van der Waals surface area contributed by atoms with Crippen LogP contribution in [0.2, 0.25) is 0 Å². The van der Waals surface area contributed by atoms with Crippen LogP contribution in [0.3, 0.4) is 0 Å². The normalized spacial score (nSPS) is 14.4. The molecule has 0 aliphatic carbocycles. The lowest BCUT2D eigenvalue weighted by Crippen LogP contribution is -2.45. The van der Waals surface area contributed by atoms with Crippen LogP contribution in [-0.2, 0) is 9.59 Å². The Hall–Kier alpha value is -4.46. The summed E-state index contributed by atoms with van der Waals surface area (Å²) in [5.41, 5.74) is 2.48. The maximum absolute atomic E-state index is 11.7. The predicted octanol–water partition coefficient (Wildman–Crippen LogP) is 6.00. The van der Waals surface area contributed by atoms with Gasteiger partial charge in [-0.15, -0.1) is 0 Å². The second kappa shape index (κ2) is 14.6. The first-order valence-electron chi connectivity index (χ1n) is 13.6. The van der Waals surface area contributed by atoms with Crippen molar-refractivity contribution in [1.29, 1.82) is 0 Å². The van der Waals surface area contributed by atoms with Crippen molar-refractivity contribution < 1.29 is 34.0 Å². The Kier molecular flexibility index (Phi) is 10.4. The van der Waals surface area contributed by atoms with Gasteiger partial charge in [-0.25, -0.2) is 4.79 Å². The number of hydrogen-bond donors (Lipinski definition) is 2. The highest BCUT2D eigenvalue weighted by Crippen LogP contribution is 2.38. The van der Waals surface area contributed by atoms with E-state index in [1.807, 2.05) is 89.8 Å². The number of benzene rings is 3. The lowest BCUT2D eigenvalue weighted by atomic mass is 10.1. The fourth-order valence-corrected chi connectivity index (χ4v) is 4.43. The monoisotopic (exact) mass is 545 g/mol. The molecule has 0 fully saturated rings. The number of unbranched alkanes of at least 4 members (excludes halogenated alkanes) is 2. The van der Waals surface area contributed by atoms with Crippen molar-refractivity contribution >= 4 is 29.8 Å². The van der Waals surface area contributed by atoms with E-state index in [4.69, 9.17) is 19.3 Å². The molecule has 8 nitrogen and oxygen atoms in total. The molecule has 1 aliphatic heterocycles. The van der Waals surface area contributed by atoms with Gasteiger partial charge in [0.05, 0.1) is 25.4 Å². The Morgan fingerprint density at radius 1 is 0.825 bits per heavy atom. The van der Waals surface area contributed by atoms with Gasteiger partial charge in [-0.3, -0.25) is 4.79 Å². The summed E-state index contributed by atoms with van der Waals surface area (Å²) >= 11 is 0. The van der Waals surface area contributed by atoms with Gasteiger partial charge < -0.3 is 29.3 Å². The van der Waals surface area contributed by atoms with Crippen molar-refractivity contribution in [2.75, 3.05) is 31.2 Å². The van der Waals surface area contributed by atoms with Gasteiger partial charge in [0.25, 0.3) is 0 Å². The Morgan fingerprint density at radius 3 is 2.20 bits per heavy atom. The van der Waals surface area contributed by atoms with Gasteiger partial charge in [-0.05, 0) is 61.6 Å². The van der Waals surface area contributed by atoms with E-state index < -0.39 is 18.0 Å². The van der Waals surface area contributed by atoms with Crippen LogP contribution >= 0.6 is 0 Å². The Morgan fingerprint density at radius 2 is 1.52 bits per heavy atom. The largest absolute Gasteiger partial charge is 0.494 e. The van der Waals surface area contributed by atoms with Crippen molar-refractivity contribution in [1.82, 2.24) is 0 Å². The van der Waals surface area contributed by atoms with E-state index in [2.05, 4.69) is 0 Å². The molecule has 1 heterocycles. The molecular weight excluding hydrogens is 510 g/mol. The molecule has 3 aromatic rings. The summed E-state index contributed by atoms with van der Waals surface area (Å²) in [4.78, 5) is 24.6. The third kappa shape index (κ3) is 8.53. The first-order valence-corrected chi connectivity index (χ1v) is 13.6. The lowest BCUT2D eigenvalue weighted by Gasteiger charge is -2.35. The third-order valence-corrected chi connectivity index (χ3v) is 6.51. The summed E-state index contributed by atoms with van der Waals surface area (Å²) in [6.45, 7) is 1.93. The molecule has 0 aromatic heterocycles. The summed E-state index contributed by atoms with van der Waals surface area (Å²) in [6, 6.07) is 23.2. The van der Waals surface area contributed by atoms with Crippen LogP contribution < -0.4 is 19.1 Å². The van der Waals surface area contributed by atoms with Gasteiger partial charge in [0.1, 0.15) is 11.5 Å². The predicted molar refractivity (Wildman–Crippen MR) is 154 cm³/mol. The fraction of sp³-hybridized carbons (Fsp3) is 0.312. The number of para-hydroxylation sites is 2. The highest BCUT2D eigenvalue weighted by Gasteiger charge is 2.31. The maximum Gasteiger partial charge on any atom is 0.346 e. The minimum atomic E-state index is -1.05. The van der Waals surface area contributed by atoms with Gasteiger partial charge >= 0.3 is 11.9 Å². The first-order chi connectivity index (χ1) is 19.5. The molecule has 0 amide bonds. The molecule has 0 spiro atoms. The molecule has 4 rings (SSSR count). The summed E-state index contributed by atoms with van der Waals surface area (Å²) < 4.78 is 17.4. The molecule has 0 bridgehead atoms. The summed E-state index contributed by atoms with van der Waals surface area (Å²) in [6.07, 6.45) is 6.19. The maximum atomic E-state index is 11.7. The molecule has 210 valence electrons. The fourth-order valence-electron chi connectivity index (χ4n) is 4.43. The number of fused-ring (bicyclic) bond motifs is 1. The van der Waals surface area contributed by atoms with Gasteiger partial charge in [-0.1, -0.05) is 54.6 Å². The molecule has 0 saturated carbocycles. The van der Waals surface area contributed by atoms with Crippen LogP contribution in [0.1, 0.15) is 43.2 Å².